The van der Waals surface area contributed by atoms with Crippen LogP contribution in [0, 0.1) is 5.92 Å². The van der Waals surface area contributed by atoms with Crippen molar-refractivity contribution in [2.24, 2.45) is 11.7 Å². The van der Waals surface area contributed by atoms with Crippen molar-refractivity contribution in [3.8, 4) is 0 Å². The van der Waals surface area contributed by atoms with Crippen molar-refractivity contribution in [2.45, 2.75) is 45.3 Å². The molecule has 0 radical (unpaired) electrons. The molecule has 150 valence electrons. The number of piperidine rings is 1. The highest BCUT2D eigenvalue weighted by Crippen LogP contribution is 2.36. The first-order chi connectivity index (χ1) is 11.2. The lowest BCUT2D eigenvalue weighted by molar-refractivity contribution is -0.137. The molecule has 9 heteroatoms. The normalized spacial score (nSPS) is 16.8. The van der Waals surface area contributed by atoms with Gasteiger partial charge in [0.25, 0.3) is 0 Å². The Morgan fingerprint density at radius 2 is 1.73 bits per heavy atom. The van der Waals surface area contributed by atoms with E-state index in [0.29, 0.717) is 5.69 Å². The minimum absolute atomic E-state index is 0. The molecule has 0 saturated carbocycles. The summed E-state index contributed by atoms with van der Waals surface area (Å²) in [7, 11) is 0. The number of carbonyl (C=O) groups excluding carboxylic acids is 1. The molecule has 1 fully saturated rings. The van der Waals surface area contributed by atoms with Crippen LogP contribution in [-0.2, 0) is 11.0 Å². The predicted molar refractivity (Wildman–Crippen MR) is 103 cm³/mol. The van der Waals surface area contributed by atoms with Crippen molar-refractivity contribution in [3.05, 3.63) is 23.8 Å². The molecule has 1 heterocycles. The van der Waals surface area contributed by atoms with Crippen LogP contribution in [0.3, 0.4) is 0 Å². The van der Waals surface area contributed by atoms with Crippen molar-refractivity contribution in [1.29, 1.82) is 0 Å². The molecule has 4 nitrogen and oxygen atoms in total. The van der Waals surface area contributed by atoms with E-state index in [1.807, 2.05) is 4.90 Å². The van der Waals surface area contributed by atoms with E-state index in [9.17, 15) is 18.0 Å². The number of nitrogens with one attached hydrogen (secondary N) is 1. The molecule has 1 aliphatic rings. The van der Waals surface area contributed by atoms with Crippen LogP contribution in [0.4, 0.5) is 24.5 Å². The average Bonchev–Trinajstić information content (AvgIpc) is 2.53. The fourth-order valence-electron chi connectivity index (χ4n) is 2.71. The summed E-state index contributed by atoms with van der Waals surface area (Å²) in [6.45, 7) is 4.91. The standard InChI is InChI=1S/C17H24F3N3O.2ClH/c1-11(12(2)21)16(24)22-14-10-13(17(18,19)20)6-7-15(14)23-8-4-3-5-9-23;;/h6-7,10-12H,3-5,8-9,21H2,1-2H3,(H,22,24);2*1H. The van der Waals surface area contributed by atoms with Gasteiger partial charge in [-0.05, 0) is 44.4 Å². The van der Waals surface area contributed by atoms with E-state index in [2.05, 4.69) is 5.32 Å². The van der Waals surface area contributed by atoms with E-state index in [-0.39, 0.29) is 42.5 Å². The van der Waals surface area contributed by atoms with Gasteiger partial charge in [-0.3, -0.25) is 4.79 Å². The average molecular weight is 416 g/mol. The predicted octanol–water partition coefficient (Wildman–Crippen LogP) is 4.46. The van der Waals surface area contributed by atoms with Gasteiger partial charge in [0.05, 0.1) is 22.9 Å². The van der Waals surface area contributed by atoms with Gasteiger partial charge in [-0.15, -0.1) is 24.8 Å². The van der Waals surface area contributed by atoms with Crippen LogP contribution in [0.1, 0.15) is 38.7 Å². The quantitative estimate of drug-likeness (QED) is 0.762. The molecule has 3 N–H and O–H groups in total. The molecule has 1 aliphatic heterocycles. The zero-order valence-electron chi connectivity index (χ0n) is 14.8. The van der Waals surface area contributed by atoms with Crippen molar-refractivity contribution in [3.63, 3.8) is 0 Å². The summed E-state index contributed by atoms with van der Waals surface area (Å²) in [4.78, 5) is 14.3. The van der Waals surface area contributed by atoms with Crippen LogP contribution in [0.15, 0.2) is 18.2 Å². The van der Waals surface area contributed by atoms with Gasteiger partial charge in [-0.1, -0.05) is 6.92 Å². The number of anilines is 2. The maximum Gasteiger partial charge on any atom is 0.416 e. The molecule has 0 aliphatic carbocycles. The van der Waals surface area contributed by atoms with Crippen molar-refractivity contribution in [1.82, 2.24) is 0 Å². The summed E-state index contributed by atoms with van der Waals surface area (Å²) in [5, 5.41) is 2.64. The van der Waals surface area contributed by atoms with E-state index >= 15 is 0 Å². The van der Waals surface area contributed by atoms with Crippen LogP contribution in [0.2, 0.25) is 0 Å². The summed E-state index contributed by atoms with van der Waals surface area (Å²) >= 11 is 0. The molecule has 1 aromatic rings. The molecule has 0 aromatic heterocycles. The summed E-state index contributed by atoms with van der Waals surface area (Å²) in [5.41, 5.74) is 5.78. The zero-order chi connectivity index (χ0) is 17.9. The number of benzene rings is 1. The number of halogens is 5. The second kappa shape index (κ2) is 10.2. The highest BCUT2D eigenvalue weighted by Gasteiger charge is 2.32. The maximum atomic E-state index is 13.0. The number of hydrogen-bond donors (Lipinski definition) is 2. The number of carbonyl (C=O) groups is 1. The molecule has 2 rings (SSSR count). The van der Waals surface area contributed by atoms with Gasteiger partial charge in [0, 0.05) is 19.1 Å². The lowest BCUT2D eigenvalue weighted by Crippen LogP contribution is -2.35. The Balaban J connectivity index is 0.00000312. The van der Waals surface area contributed by atoms with Crippen LogP contribution >= 0.6 is 24.8 Å². The Kier molecular flexibility index (Phi) is 9.77. The molecule has 0 spiro atoms. The first kappa shape index (κ1) is 24.8. The molecule has 26 heavy (non-hydrogen) atoms. The molecule has 1 amide bonds. The fourth-order valence-corrected chi connectivity index (χ4v) is 2.71. The third-order valence-corrected chi connectivity index (χ3v) is 4.48. The van der Waals surface area contributed by atoms with E-state index in [1.54, 1.807) is 13.8 Å². The number of amides is 1. The zero-order valence-corrected chi connectivity index (χ0v) is 16.4. The molecular formula is C17H26Cl2F3N3O. The summed E-state index contributed by atoms with van der Waals surface area (Å²) in [6.07, 6.45) is -1.36. The fraction of sp³-hybridized carbons (Fsp3) is 0.588. The Morgan fingerprint density at radius 1 is 1.15 bits per heavy atom. The summed E-state index contributed by atoms with van der Waals surface area (Å²) in [6, 6.07) is 3.14. The summed E-state index contributed by atoms with van der Waals surface area (Å²) in [5.74, 6) is -0.865. The van der Waals surface area contributed by atoms with Crippen molar-refractivity contribution in [2.75, 3.05) is 23.3 Å². The maximum absolute atomic E-state index is 13.0. The molecule has 1 saturated heterocycles. The van der Waals surface area contributed by atoms with E-state index in [1.165, 1.54) is 6.07 Å². The lowest BCUT2D eigenvalue weighted by Gasteiger charge is -2.31. The SMILES string of the molecule is CC(N)C(C)C(=O)Nc1cc(C(F)(F)F)ccc1N1CCCCC1.Cl.Cl. The Morgan fingerprint density at radius 3 is 2.23 bits per heavy atom. The summed E-state index contributed by atoms with van der Waals surface area (Å²) < 4.78 is 39.1. The van der Waals surface area contributed by atoms with E-state index in [4.69, 9.17) is 5.73 Å². The van der Waals surface area contributed by atoms with Gasteiger partial charge in [-0.25, -0.2) is 0 Å². The molecule has 0 bridgehead atoms. The third-order valence-electron chi connectivity index (χ3n) is 4.48. The van der Waals surface area contributed by atoms with Gasteiger partial charge < -0.3 is 16.0 Å². The van der Waals surface area contributed by atoms with Crippen LogP contribution in [0.25, 0.3) is 0 Å². The van der Waals surface area contributed by atoms with Gasteiger partial charge in [-0.2, -0.15) is 13.2 Å². The molecule has 2 unspecified atom stereocenters. The monoisotopic (exact) mass is 415 g/mol. The minimum Gasteiger partial charge on any atom is -0.370 e. The van der Waals surface area contributed by atoms with Gasteiger partial charge in [0.2, 0.25) is 5.91 Å². The topological polar surface area (TPSA) is 58.4 Å². The largest absolute Gasteiger partial charge is 0.416 e. The Labute approximate surface area is 164 Å². The third kappa shape index (κ3) is 6.21. The first-order valence-corrected chi connectivity index (χ1v) is 8.23. The number of hydrogen-bond acceptors (Lipinski definition) is 3. The molecular weight excluding hydrogens is 390 g/mol. The Bertz CT molecular complexity index is 591. The second-order valence-electron chi connectivity index (χ2n) is 6.41. The minimum atomic E-state index is -4.45. The second-order valence-corrected chi connectivity index (χ2v) is 6.41. The Hall–Kier alpha value is -1.18. The number of nitrogens with zero attached hydrogens (tertiary/aromatic N) is 1. The van der Waals surface area contributed by atoms with E-state index < -0.39 is 17.7 Å². The molecule has 1 aromatic carbocycles. The van der Waals surface area contributed by atoms with Gasteiger partial charge in [0.1, 0.15) is 0 Å². The number of nitrogens with two attached hydrogens (primary N) is 1. The smallest absolute Gasteiger partial charge is 0.370 e. The van der Waals surface area contributed by atoms with Gasteiger partial charge in [0.15, 0.2) is 0 Å². The van der Waals surface area contributed by atoms with Crippen LogP contribution in [-0.4, -0.2) is 25.0 Å². The molecule has 2 atom stereocenters. The highest BCUT2D eigenvalue weighted by atomic mass is 35.5. The lowest BCUT2D eigenvalue weighted by atomic mass is 10.0. The van der Waals surface area contributed by atoms with E-state index in [0.717, 1.165) is 44.5 Å². The van der Waals surface area contributed by atoms with Crippen molar-refractivity contribution >= 4 is 42.1 Å². The highest BCUT2D eigenvalue weighted by molar-refractivity contribution is 5.96. The van der Waals surface area contributed by atoms with Crippen LogP contribution < -0.4 is 16.0 Å². The number of alkyl halides is 3. The number of rotatable bonds is 4. The van der Waals surface area contributed by atoms with Crippen molar-refractivity contribution < 1.29 is 18.0 Å². The van der Waals surface area contributed by atoms with Crippen LogP contribution in [0.5, 0.6) is 0 Å². The van der Waals surface area contributed by atoms with Gasteiger partial charge >= 0.3 is 6.18 Å². The first-order valence-electron chi connectivity index (χ1n) is 8.23.